The van der Waals surface area contributed by atoms with Crippen molar-refractivity contribution in [2.75, 3.05) is 0 Å². The zero-order valence-corrected chi connectivity index (χ0v) is 21.1. The third-order valence-corrected chi connectivity index (χ3v) is 7.15. The second-order valence-electron chi connectivity index (χ2n) is 9.66. The van der Waals surface area contributed by atoms with Crippen LogP contribution in [-0.4, -0.2) is 35.1 Å². The van der Waals surface area contributed by atoms with Crippen molar-refractivity contribution in [2.24, 2.45) is 0 Å². The van der Waals surface area contributed by atoms with E-state index in [1.165, 1.54) is 0 Å². The minimum absolute atomic E-state index is 0.398. The number of nitrogens with zero attached hydrogens (tertiary/aromatic N) is 6. The predicted molar refractivity (Wildman–Crippen MR) is 148 cm³/mol. The molecule has 0 amide bonds. The van der Waals surface area contributed by atoms with Crippen LogP contribution in [0.1, 0.15) is 42.9 Å². The first kappa shape index (κ1) is 24.0. The molecule has 0 aliphatic rings. The summed E-state index contributed by atoms with van der Waals surface area (Å²) in [6.45, 7) is 0.755. The Labute approximate surface area is 221 Å². The summed E-state index contributed by atoms with van der Waals surface area (Å²) in [5, 5.41) is 31.4. The van der Waals surface area contributed by atoms with E-state index in [-0.39, 0.29) is 0 Å². The minimum atomic E-state index is -1.31. The molecule has 0 radical (unpaired) electrons. The second-order valence-corrected chi connectivity index (χ2v) is 9.66. The van der Waals surface area contributed by atoms with E-state index in [4.69, 9.17) is 10.2 Å². The van der Waals surface area contributed by atoms with Gasteiger partial charge >= 0.3 is 0 Å². The summed E-state index contributed by atoms with van der Waals surface area (Å²) in [4.78, 5) is 3.51. The van der Waals surface area contributed by atoms with E-state index >= 15 is 0 Å². The van der Waals surface area contributed by atoms with E-state index in [0.717, 1.165) is 59.0 Å². The van der Waals surface area contributed by atoms with Crippen LogP contribution in [0.5, 0.6) is 0 Å². The molecule has 6 rings (SSSR count). The minimum Gasteiger partial charge on any atom is -0.378 e. The molecule has 0 spiro atoms. The highest BCUT2D eigenvalue weighted by molar-refractivity contribution is 5.73. The van der Waals surface area contributed by atoms with Gasteiger partial charge in [0.15, 0.2) is 0 Å². The van der Waals surface area contributed by atoms with E-state index in [0.29, 0.717) is 6.42 Å². The average Bonchev–Trinajstić information content (AvgIpc) is 3.59. The molecular weight excluding hydrogens is 472 g/mol. The largest absolute Gasteiger partial charge is 0.378 e. The molecule has 2 aromatic heterocycles. The summed E-state index contributed by atoms with van der Waals surface area (Å²) in [7, 11) is 0. The highest BCUT2D eigenvalue weighted by Crippen LogP contribution is 2.42. The van der Waals surface area contributed by atoms with Gasteiger partial charge < -0.3 is 5.11 Å². The lowest BCUT2D eigenvalue weighted by atomic mass is 9.78. The molecule has 1 atom stereocenters. The number of aromatic nitrogens is 6. The van der Waals surface area contributed by atoms with E-state index in [1.807, 2.05) is 109 Å². The summed E-state index contributed by atoms with van der Waals surface area (Å²) in [6.07, 6.45) is 3.51. The number of hydrogen-bond acceptors (Lipinski definition) is 5. The fraction of sp³-hybridized carbons (Fsp3) is 0.226. The van der Waals surface area contributed by atoms with Crippen molar-refractivity contribution >= 4 is 22.1 Å². The zero-order chi connectivity index (χ0) is 25.8. The van der Waals surface area contributed by atoms with Crippen molar-refractivity contribution in [1.82, 2.24) is 30.0 Å². The van der Waals surface area contributed by atoms with Crippen LogP contribution >= 0.6 is 0 Å². The van der Waals surface area contributed by atoms with Crippen LogP contribution in [-0.2, 0) is 12.1 Å². The molecule has 0 saturated carbocycles. The molecule has 4 aromatic carbocycles. The Kier molecular flexibility index (Phi) is 6.67. The fourth-order valence-electron chi connectivity index (χ4n) is 5.22. The monoisotopic (exact) mass is 502 g/mol. The molecule has 7 heteroatoms. The van der Waals surface area contributed by atoms with Crippen LogP contribution in [0.25, 0.3) is 22.1 Å². The van der Waals surface area contributed by atoms with Crippen LogP contribution in [0.2, 0.25) is 0 Å². The lowest BCUT2D eigenvalue weighted by molar-refractivity contribution is 0.00639. The molecule has 190 valence electrons. The van der Waals surface area contributed by atoms with Crippen molar-refractivity contribution in [3.05, 3.63) is 120 Å². The van der Waals surface area contributed by atoms with Gasteiger partial charge in [0.1, 0.15) is 33.7 Å². The zero-order valence-electron chi connectivity index (χ0n) is 21.1. The van der Waals surface area contributed by atoms with Gasteiger partial charge in [0.2, 0.25) is 0 Å². The van der Waals surface area contributed by atoms with Crippen LogP contribution in [0.4, 0.5) is 0 Å². The van der Waals surface area contributed by atoms with Gasteiger partial charge in [0.05, 0.1) is 6.54 Å². The van der Waals surface area contributed by atoms with Crippen LogP contribution in [0.15, 0.2) is 109 Å². The maximum Gasteiger partial charge on any atom is 0.139 e. The summed E-state index contributed by atoms with van der Waals surface area (Å²) in [5.41, 5.74) is 3.81. The van der Waals surface area contributed by atoms with Gasteiger partial charge in [-0.15, -0.1) is 0 Å². The smallest absolute Gasteiger partial charge is 0.139 e. The number of fused-ring (bicyclic) bond motifs is 2. The number of aryl methyl sites for hydroxylation is 1. The summed E-state index contributed by atoms with van der Waals surface area (Å²) in [6, 6.07) is 35.1. The Hall–Kier alpha value is -4.36. The number of rotatable bonds is 10. The molecule has 6 aromatic rings. The van der Waals surface area contributed by atoms with Crippen molar-refractivity contribution < 1.29 is 5.11 Å². The second kappa shape index (κ2) is 10.6. The van der Waals surface area contributed by atoms with Gasteiger partial charge in [-0.2, -0.15) is 30.0 Å². The lowest BCUT2D eigenvalue weighted by Crippen LogP contribution is -2.39. The van der Waals surface area contributed by atoms with Crippen LogP contribution in [0, 0.1) is 0 Å². The number of aliphatic hydroxyl groups is 1. The number of benzene rings is 4. The molecule has 0 saturated heterocycles. The normalized spacial score (nSPS) is 12.8. The first-order chi connectivity index (χ1) is 18.7. The van der Waals surface area contributed by atoms with Crippen molar-refractivity contribution in [1.29, 1.82) is 0 Å². The Morgan fingerprint density at radius 1 is 0.553 bits per heavy atom. The maximum atomic E-state index is 12.6. The molecule has 1 N–H and O–H groups in total. The molecule has 0 aliphatic heterocycles. The third-order valence-electron chi connectivity index (χ3n) is 7.15. The highest BCUT2D eigenvalue weighted by atomic mass is 16.3. The quantitative estimate of drug-likeness (QED) is 0.235. The van der Waals surface area contributed by atoms with Crippen molar-refractivity contribution in [3.63, 3.8) is 0 Å². The first-order valence-corrected chi connectivity index (χ1v) is 13.2. The molecular formula is C31H30N6O. The molecule has 7 nitrogen and oxygen atoms in total. The third kappa shape index (κ3) is 4.68. The first-order valence-electron chi connectivity index (χ1n) is 13.2. The molecule has 0 fully saturated rings. The van der Waals surface area contributed by atoms with Crippen molar-refractivity contribution in [2.45, 2.75) is 43.9 Å². The van der Waals surface area contributed by atoms with E-state index in [2.05, 4.69) is 10.2 Å². The Morgan fingerprint density at radius 2 is 1.00 bits per heavy atom. The summed E-state index contributed by atoms with van der Waals surface area (Å²) in [5.74, 6) is 0. The van der Waals surface area contributed by atoms with Gasteiger partial charge in [-0.3, -0.25) is 0 Å². The van der Waals surface area contributed by atoms with Crippen LogP contribution < -0.4 is 0 Å². The highest BCUT2D eigenvalue weighted by Gasteiger charge is 2.42. The SMILES string of the molecule is OC(c1ccccc1)(c1ccccc1)C(CCCCCn1nc2ccccc2n1)n1nc2ccccc2n1. The lowest BCUT2D eigenvalue weighted by Gasteiger charge is -2.36. The topological polar surface area (TPSA) is 81.6 Å². The maximum absolute atomic E-state index is 12.6. The van der Waals surface area contributed by atoms with Gasteiger partial charge in [-0.1, -0.05) is 97.8 Å². The summed E-state index contributed by atoms with van der Waals surface area (Å²) < 4.78 is 0. The van der Waals surface area contributed by atoms with E-state index in [1.54, 1.807) is 9.59 Å². The van der Waals surface area contributed by atoms with Gasteiger partial charge in [0, 0.05) is 0 Å². The molecule has 2 heterocycles. The number of hydrogen-bond donors (Lipinski definition) is 1. The van der Waals surface area contributed by atoms with E-state index < -0.39 is 11.6 Å². The predicted octanol–water partition coefficient (Wildman–Crippen LogP) is 5.91. The van der Waals surface area contributed by atoms with Gasteiger partial charge in [0.25, 0.3) is 0 Å². The Morgan fingerprint density at radius 3 is 1.50 bits per heavy atom. The Bertz CT molecular complexity index is 1520. The van der Waals surface area contributed by atoms with Gasteiger partial charge in [-0.25, -0.2) is 0 Å². The summed E-state index contributed by atoms with van der Waals surface area (Å²) >= 11 is 0. The van der Waals surface area contributed by atoms with Gasteiger partial charge in [-0.05, 0) is 48.2 Å². The fourth-order valence-corrected chi connectivity index (χ4v) is 5.22. The average molecular weight is 503 g/mol. The van der Waals surface area contributed by atoms with Crippen LogP contribution in [0.3, 0.4) is 0 Å². The van der Waals surface area contributed by atoms with Crippen molar-refractivity contribution in [3.8, 4) is 0 Å². The van der Waals surface area contributed by atoms with E-state index in [9.17, 15) is 5.11 Å². The number of unbranched alkanes of at least 4 members (excludes halogenated alkanes) is 2. The molecule has 1 unspecified atom stereocenters. The molecule has 0 aliphatic carbocycles. The molecule has 0 bridgehead atoms. The standard InChI is InChI=1S/C31H30N6O/c38-31(24-14-4-1-5-15-24,25-16-6-2-7-17-25)30(37-34-28-20-11-12-21-29(28)35-37)22-8-3-13-23-36-32-26-18-9-10-19-27(26)33-36/h1-2,4-7,9-12,14-21,30,38H,3,8,13,22-23H2. The Balaban J connectivity index is 1.28. The molecule has 38 heavy (non-hydrogen) atoms.